The molecule has 4 nitrogen and oxygen atoms in total. The zero-order valence-corrected chi connectivity index (χ0v) is 14.4. The lowest BCUT2D eigenvalue weighted by molar-refractivity contribution is 0.111. The second kappa shape index (κ2) is 5.92. The van der Waals surface area contributed by atoms with Crippen LogP contribution in [0.15, 0.2) is 45.5 Å². The number of aldehydes is 1. The Balaban J connectivity index is 1.82. The molecule has 3 aromatic heterocycles. The molecule has 0 N–H and O–H groups in total. The zero-order valence-electron chi connectivity index (χ0n) is 12.8. The zero-order chi connectivity index (χ0) is 16.7. The van der Waals surface area contributed by atoms with Crippen LogP contribution < -0.4 is 0 Å². The summed E-state index contributed by atoms with van der Waals surface area (Å²) in [5, 5.41) is 9.96. The third-order valence-electron chi connectivity index (χ3n) is 3.90. The van der Waals surface area contributed by atoms with Crippen LogP contribution in [0.25, 0.3) is 22.3 Å². The van der Waals surface area contributed by atoms with Crippen molar-refractivity contribution in [3.8, 4) is 11.3 Å². The van der Waals surface area contributed by atoms with E-state index < -0.39 is 0 Å². The number of hydrogen-bond acceptors (Lipinski definition) is 4. The summed E-state index contributed by atoms with van der Waals surface area (Å²) < 4.78 is 7.86. The van der Waals surface area contributed by atoms with Crippen LogP contribution in [-0.2, 0) is 6.54 Å². The smallest absolute Gasteiger partial charge is 0.170 e. The molecule has 3 heterocycles. The van der Waals surface area contributed by atoms with Crippen LogP contribution in [0.4, 0.5) is 0 Å². The molecule has 0 aliphatic heterocycles. The number of rotatable bonds is 4. The van der Waals surface area contributed by atoms with Gasteiger partial charge < -0.3 is 4.42 Å². The van der Waals surface area contributed by atoms with Gasteiger partial charge in [0.2, 0.25) is 0 Å². The lowest BCUT2D eigenvalue weighted by Gasteiger charge is -2.06. The van der Waals surface area contributed by atoms with E-state index in [0.29, 0.717) is 17.3 Å². The minimum Gasteiger partial charge on any atom is -0.456 e. The first-order valence-electron chi connectivity index (χ1n) is 7.38. The van der Waals surface area contributed by atoms with Crippen molar-refractivity contribution in [3.05, 3.63) is 63.1 Å². The average Bonchev–Trinajstić information content (AvgIpc) is 3.26. The van der Waals surface area contributed by atoms with Crippen molar-refractivity contribution in [2.45, 2.75) is 13.5 Å². The highest BCUT2D eigenvalue weighted by Gasteiger charge is 2.14. The van der Waals surface area contributed by atoms with Crippen LogP contribution in [0.1, 0.15) is 21.7 Å². The molecule has 120 valence electrons. The summed E-state index contributed by atoms with van der Waals surface area (Å²) in [6, 6.07) is 9.56. The molecule has 0 saturated carbocycles. The molecule has 0 bridgehead atoms. The van der Waals surface area contributed by atoms with Crippen LogP contribution in [-0.4, -0.2) is 16.1 Å². The van der Waals surface area contributed by atoms with Crippen molar-refractivity contribution in [2.24, 2.45) is 0 Å². The predicted octanol–water partition coefficient (Wildman–Crippen LogP) is 5.18. The number of aromatic nitrogens is 2. The first-order chi connectivity index (χ1) is 11.6. The highest BCUT2D eigenvalue weighted by molar-refractivity contribution is 7.08. The van der Waals surface area contributed by atoms with Gasteiger partial charge in [0.1, 0.15) is 17.0 Å². The van der Waals surface area contributed by atoms with Gasteiger partial charge in [-0.25, -0.2) is 0 Å². The molecule has 0 aliphatic rings. The van der Waals surface area contributed by atoms with Gasteiger partial charge >= 0.3 is 0 Å². The summed E-state index contributed by atoms with van der Waals surface area (Å²) in [5.74, 6) is 0.820. The van der Waals surface area contributed by atoms with Gasteiger partial charge in [-0.15, -0.1) is 0 Å². The topological polar surface area (TPSA) is 48.0 Å². The van der Waals surface area contributed by atoms with Crippen LogP contribution in [0.3, 0.4) is 0 Å². The maximum atomic E-state index is 10.9. The molecule has 4 rings (SSSR count). The average molecular weight is 357 g/mol. The lowest BCUT2D eigenvalue weighted by Crippen LogP contribution is -2.04. The first kappa shape index (κ1) is 15.2. The van der Waals surface area contributed by atoms with E-state index in [0.717, 1.165) is 39.8 Å². The van der Waals surface area contributed by atoms with Crippen LogP contribution in [0, 0.1) is 6.92 Å². The largest absolute Gasteiger partial charge is 0.456 e. The molecule has 0 fully saturated rings. The summed E-state index contributed by atoms with van der Waals surface area (Å²) in [6.07, 6.45) is 0.749. The number of carbonyl (C=O) groups is 1. The van der Waals surface area contributed by atoms with E-state index >= 15 is 0 Å². The summed E-state index contributed by atoms with van der Waals surface area (Å²) in [6.45, 7) is 2.41. The van der Waals surface area contributed by atoms with Crippen molar-refractivity contribution < 1.29 is 9.21 Å². The second-order valence-electron chi connectivity index (χ2n) is 5.59. The second-order valence-corrected chi connectivity index (χ2v) is 6.81. The number of nitrogens with zero attached hydrogens (tertiary/aromatic N) is 2. The Hall–Kier alpha value is -2.37. The molecular formula is C18H13ClN2O2S. The van der Waals surface area contributed by atoms with E-state index in [-0.39, 0.29) is 0 Å². The highest BCUT2D eigenvalue weighted by Crippen LogP contribution is 2.33. The Labute approximate surface area is 147 Å². The summed E-state index contributed by atoms with van der Waals surface area (Å²) >= 11 is 7.90. The number of furan rings is 1. The predicted molar refractivity (Wildman–Crippen MR) is 96.0 cm³/mol. The number of benzene rings is 1. The Morgan fingerprint density at radius 2 is 2.21 bits per heavy atom. The molecule has 0 spiro atoms. The van der Waals surface area contributed by atoms with Gasteiger partial charge in [0, 0.05) is 32.6 Å². The Kier molecular flexibility index (Phi) is 3.75. The minimum atomic E-state index is 0.421. The van der Waals surface area contributed by atoms with Gasteiger partial charge in [-0.1, -0.05) is 11.6 Å². The maximum Gasteiger partial charge on any atom is 0.170 e. The fraction of sp³-hybridized carbons (Fsp3) is 0.111. The SMILES string of the molecule is Cc1cc(C=O)nn1Cc1cc(Cl)cc2cc(-c3ccsc3)oc12. The highest BCUT2D eigenvalue weighted by atomic mass is 35.5. The molecule has 0 amide bonds. The van der Waals surface area contributed by atoms with Crippen molar-refractivity contribution in [2.75, 3.05) is 0 Å². The summed E-state index contributed by atoms with van der Waals surface area (Å²) in [4.78, 5) is 10.9. The third kappa shape index (κ3) is 2.66. The van der Waals surface area contributed by atoms with Gasteiger partial charge in [0.25, 0.3) is 0 Å². The fourth-order valence-corrected chi connectivity index (χ4v) is 3.66. The molecular weight excluding hydrogens is 344 g/mol. The molecule has 0 aliphatic carbocycles. The van der Waals surface area contributed by atoms with Gasteiger partial charge in [-0.05, 0) is 42.6 Å². The number of hydrogen-bond donors (Lipinski definition) is 0. The third-order valence-corrected chi connectivity index (χ3v) is 4.81. The standard InChI is InChI=1S/C18H13ClN2O2S/c1-11-4-16(9-22)20-21(11)8-14-6-15(19)5-13-7-17(23-18(13)14)12-2-3-24-10-12/h2-7,9-10H,8H2,1H3. The van der Waals surface area contributed by atoms with Crippen molar-refractivity contribution in [1.82, 2.24) is 9.78 Å². The van der Waals surface area contributed by atoms with Gasteiger partial charge in [0.15, 0.2) is 6.29 Å². The molecule has 0 unspecified atom stereocenters. The van der Waals surface area contributed by atoms with Gasteiger partial charge in [-0.3, -0.25) is 9.48 Å². The van der Waals surface area contributed by atoms with Crippen molar-refractivity contribution >= 4 is 40.2 Å². The maximum absolute atomic E-state index is 10.9. The van der Waals surface area contributed by atoms with Gasteiger partial charge in [-0.2, -0.15) is 16.4 Å². The van der Waals surface area contributed by atoms with Crippen LogP contribution >= 0.6 is 22.9 Å². The normalized spacial score (nSPS) is 11.2. The van der Waals surface area contributed by atoms with Gasteiger partial charge in [0.05, 0.1) is 6.54 Å². The Morgan fingerprint density at radius 3 is 2.92 bits per heavy atom. The molecule has 6 heteroatoms. The number of carbonyl (C=O) groups excluding carboxylic acids is 1. The number of fused-ring (bicyclic) bond motifs is 1. The lowest BCUT2D eigenvalue weighted by atomic mass is 10.1. The molecule has 1 aromatic carbocycles. The summed E-state index contributed by atoms with van der Waals surface area (Å²) in [7, 11) is 0. The number of thiophene rings is 1. The molecule has 0 atom stereocenters. The van der Waals surface area contributed by atoms with E-state index in [9.17, 15) is 4.79 Å². The quantitative estimate of drug-likeness (QED) is 0.473. The van der Waals surface area contributed by atoms with Crippen LogP contribution in [0.2, 0.25) is 5.02 Å². The number of halogens is 1. The Bertz CT molecular complexity index is 1030. The summed E-state index contributed by atoms with van der Waals surface area (Å²) in [5.41, 5.74) is 4.11. The van der Waals surface area contributed by atoms with E-state index in [1.807, 2.05) is 41.9 Å². The van der Waals surface area contributed by atoms with Crippen LogP contribution in [0.5, 0.6) is 0 Å². The molecule has 4 aromatic rings. The van der Waals surface area contributed by atoms with Crippen molar-refractivity contribution in [1.29, 1.82) is 0 Å². The minimum absolute atomic E-state index is 0.421. The Morgan fingerprint density at radius 1 is 1.33 bits per heavy atom. The monoisotopic (exact) mass is 356 g/mol. The first-order valence-corrected chi connectivity index (χ1v) is 8.70. The fourth-order valence-electron chi connectivity index (χ4n) is 2.76. The van der Waals surface area contributed by atoms with E-state index in [4.69, 9.17) is 16.0 Å². The van der Waals surface area contributed by atoms with Crippen molar-refractivity contribution in [3.63, 3.8) is 0 Å². The van der Waals surface area contributed by atoms with E-state index in [2.05, 4.69) is 5.10 Å². The molecule has 0 saturated heterocycles. The molecule has 24 heavy (non-hydrogen) atoms. The number of aryl methyl sites for hydroxylation is 1. The molecule has 0 radical (unpaired) electrons. The van der Waals surface area contributed by atoms with E-state index in [1.165, 1.54) is 0 Å². The van der Waals surface area contributed by atoms with E-state index in [1.54, 1.807) is 22.1 Å².